The monoisotopic (exact) mass is 326 g/mol. The zero-order chi connectivity index (χ0) is 16.4. The highest BCUT2D eigenvalue weighted by atomic mass is 16.2. The molecule has 1 aromatic carbocycles. The molecule has 2 fully saturated rings. The standard InChI is InChI=1S/C17H22N6O/c24-17(19-14-6-7-15-13(8-14)9-18-20-15)16-11-23(22-21-16)10-12-4-2-1-3-5-12/h1-5,11,13-15,18,20H,6-10H2,(H,19,24). The third kappa shape index (κ3) is 3.32. The predicted molar refractivity (Wildman–Crippen MR) is 89.1 cm³/mol. The third-order valence-corrected chi connectivity index (χ3v) is 4.93. The topological polar surface area (TPSA) is 83.9 Å². The van der Waals surface area contributed by atoms with Gasteiger partial charge in [-0.1, -0.05) is 35.5 Å². The van der Waals surface area contributed by atoms with Gasteiger partial charge in [-0.2, -0.15) is 0 Å². The first-order valence-electron chi connectivity index (χ1n) is 8.51. The molecule has 4 rings (SSSR count). The van der Waals surface area contributed by atoms with Crippen molar-refractivity contribution in [3.05, 3.63) is 47.8 Å². The van der Waals surface area contributed by atoms with E-state index >= 15 is 0 Å². The molecule has 24 heavy (non-hydrogen) atoms. The second-order valence-corrected chi connectivity index (χ2v) is 6.66. The summed E-state index contributed by atoms with van der Waals surface area (Å²) in [5.41, 5.74) is 8.03. The van der Waals surface area contributed by atoms with E-state index < -0.39 is 0 Å². The smallest absolute Gasteiger partial charge is 0.273 e. The number of nitrogens with one attached hydrogen (secondary N) is 3. The van der Waals surface area contributed by atoms with Gasteiger partial charge in [0.15, 0.2) is 5.69 Å². The van der Waals surface area contributed by atoms with Crippen LogP contribution < -0.4 is 16.2 Å². The van der Waals surface area contributed by atoms with Crippen molar-refractivity contribution in [1.29, 1.82) is 0 Å². The minimum absolute atomic E-state index is 0.128. The van der Waals surface area contributed by atoms with Gasteiger partial charge >= 0.3 is 0 Å². The summed E-state index contributed by atoms with van der Waals surface area (Å²) in [5.74, 6) is 0.467. The van der Waals surface area contributed by atoms with E-state index in [9.17, 15) is 4.79 Å². The van der Waals surface area contributed by atoms with Crippen LogP contribution >= 0.6 is 0 Å². The van der Waals surface area contributed by atoms with Gasteiger partial charge in [-0.25, -0.2) is 4.68 Å². The minimum Gasteiger partial charge on any atom is -0.348 e. The van der Waals surface area contributed by atoms with Crippen molar-refractivity contribution >= 4 is 5.91 Å². The van der Waals surface area contributed by atoms with Gasteiger partial charge in [0.1, 0.15) is 0 Å². The van der Waals surface area contributed by atoms with Crippen LogP contribution in [0.2, 0.25) is 0 Å². The lowest BCUT2D eigenvalue weighted by atomic mass is 9.83. The van der Waals surface area contributed by atoms with Crippen LogP contribution in [-0.2, 0) is 6.54 Å². The first-order chi connectivity index (χ1) is 11.8. The van der Waals surface area contributed by atoms with Crippen LogP contribution in [0, 0.1) is 5.92 Å². The van der Waals surface area contributed by atoms with Gasteiger partial charge in [0.25, 0.3) is 5.91 Å². The van der Waals surface area contributed by atoms with Crippen molar-refractivity contribution in [3.8, 4) is 0 Å². The fraction of sp³-hybridized carbons (Fsp3) is 0.471. The fourth-order valence-corrected chi connectivity index (χ4v) is 3.64. The Hall–Kier alpha value is -2.25. The molecule has 3 unspecified atom stereocenters. The molecule has 0 radical (unpaired) electrons. The maximum atomic E-state index is 12.4. The van der Waals surface area contributed by atoms with E-state index in [1.165, 1.54) is 0 Å². The van der Waals surface area contributed by atoms with Crippen LogP contribution in [-0.4, -0.2) is 39.5 Å². The quantitative estimate of drug-likeness (QED) is 0.770. The number of hydrazine groups is 1. The molecule has 3 atom stereocenters. The maximum absolute atomic E-state index is 12.4. The summed E-state index contributed by atoms with van der Waals surface area (Å²) in [7, 11) is 0. The summed E-state index contributed by atoms with van der Waals surface area (Å²) in [4.78, 5) is 12.4. The summed E-state index contributed by atoms with van der Waals surface area (Å²) >= 11 is 0. The molecule has 2 heterocycles. The van der Waals surface area contributed by atoms with Crippen LogP contribution in [0.15, 0.2) is 36.5 Å². The lowest BCUT2D eigenvalue weighted by Crippen LogP contribution is -2.44. The minimum atomic E-state index is -0.128. The van der Waals surface area contributed by atoms with Gasteiger partial charge in [-0.15, -0.1) is 5.10 Å². The highest BCUT2D eigenvalue weighted by Crippen LogP contribution is 2.26. The highest BCUT2D eigenvalue weighted by Gasteiger charge is 2.34. The number of hydrogen-bond acceptors (Lipinski definition) is 5. The summed E-state index contributed by atoms with van der Waals surface area (Å²) in [6, 6.07) is 10.8. The molecule has 1 saturated carbocycles. The number of hydrogen-bond donors (Lipinski definition) is 3. The van der Waals surface area contributed by atoms with E-state index in [0.717, 1.165) is 31.4 Å². The molecule has 1 aliphatic heterocycles. The first kappa shape index (κ1) is 15.3. The first-order valence-corrected chi connectivity index (χ1v) is 8.51. The van der Waals surface area contributed by atoms with Crippen molar-refractivity contribution in [1.82, 2.24) is 31.2 Å². The van der Waals surface area contributed by atoms with Crippen LogP contribution in [0.3, 0.4) is 0 Å². The zero-order valence-electron chi connectivity index (χ0n) is 13.5. The van der Waals surface area contributed by atoms with Crippen molar-refractivity contribution in [3.63, 3.8) is 0 Å². The number of carbonyl (C=O) groups excluding carboxylic acids is 1. The van der Waals surface area contributed by atoms with Crippen molar-refractivity contribution < 1.29 is 4.79 Å². The van der Waals surface area contributed by atoms with Gasteiger partial charge in [-0.3, -0.25) is 15.6 Å². The van der Waals surface area contributed by atoms with E-state index in [1.807, 2.05) is 30.3 Å². The van der Waals surface area contributed by atoms with Gasteiger partial charge < -0.3 is 5.32 Å². The molecule has 1 saturated heterocycles. The van der Waals surface area contributed by atoms with Crippen molar-refractivity contribution in [2.24, 2.45) is 5.92 Å². The van der Waals surface area contributed by atoms with E-state index in [1.54, 1.807) is 10.9 Å². The Kier molecular flexibility index (Phi) is 4.27. The number of rotatable bonds is 4. The molecule has 3 N–H and O–H groups in total. The van der Waals surface area contributed by atoms with E-state index in [4.69, 9.17) is 0 Å². The van der Waals surface area contributed by atoms with Gasteiger partial charge in [0.2, 0.25) is 0 Å². The predicted octanol–water partition coefficient (Wildman–Crippen LogP) is 0.701. The Bertz CT molecular complexity index is 700. The molecule has 126 valence electrons. The number of benzene rings is 1. The van der Waals surface area contributed by atoms with Crippen LogP contribution in [0.25, 0.3) is 0 Å². The molecule has 7 heteroatoms. The summed E-state index contributed by atoms with van der Waals surface area (Å²) in [5, 5.41) is 11.2. The molecule has 7 nitrogen and oxygen atoms in total. The number of nitrogens with zero attached hydrogens (tertiary/aromatic N) is 3. The number of fused-ring (bicyclic) bond motifs is 1. The highest BCUT2D eigenvalue weighted by molar-refractivity contribution is 5.92. The SMILES string of the molecule is O=C(NC1CCC2NNCC2C1)c1cn(Cc2ccccc2)nn1. The second-order valence-electron chi connectivity index (χ2n) is 6.66. The molecule has 0 spiro atoms. The Morgan fingerprint density at radius 3 is 3.04 bits per heavy atom. The molecule has 1 aromatic heterocycles. The normalized spacial score (nSPS) is 26.1. The molecule has 1 amide bonds. The Balaban J connectivity index is 1.35. The number of carbonyl (C=O) groups is 1. The number of aromatic nitrogens is 3. The summed E-state index contributed by atoms with van der Waals surface area (Å²) in [6.07, 6.45) is 4.81. The summed E-state index contributed by atoms with van der Waals surface area (Å²) < 4.78 is 1.70. The Labute approximate surface area is 140 Å². The molecular weight excluding hydrogens is 304 g/mol. The lowest BCUT2D eigenvalue weighted by Gasteiger charge is -2.30. The van der Waals surface area contributed by atoms with Crippen molar-refractivity contribution in [2.45, 2.75) is 37.9 Å². The molecule has 2 aromatic rings. The Morgan fingerprint density at radius 2 is 2.17 bits per heavy atom. The summed E-state index contributed by atoms with van der Waals surface area (Å²) in [6.45, 7) is 1.59. The third-order valence-electron chi connectivity index (χ3n) is 4.93. The average molecular weight is 326 g/mol. The van der Waals surface area contributed by atoms with Gasteiger partial charge in [0.05, 0.1) is 12.7 Å². The molecule has 2 aliphatic rings. The van der Waals surface area contributed by atoms with Crippen molar-refractivity contribution in [2.75, 3.05) is 6.54 Å². The van der Waals surface area contributed by atoms with Gasteiger partial charge in [0, 0.05) is 18.6 Å². The van der Waals surface area contributed by atoms with Crippen LogP contribution in [0.4, 0.5) is 0 Å². The molecule has 0 bridgehead atoms. The number of amides is 1. The molecule has 1 aliphatic carbocycles. The fourth-order valence-electron chi connectivity index (χ4n) is 3.64. The van der Waals surface area contributed by atoms with E-state index in [0.29, 0.717) is 24.2 Å². The Morgan fingerprint density at radius 1 is 1.29 bits per heavy atom. The van der Waals surface area contributed by atoms with Gasteiger partial charge in [-0.05, 0) is 30.7 Å². The second kappa shape index (κ2) is 6.70. The lowest BCUT2D eigenvalue weighted by molar-refractivity contribution is 0.0913. The van der Waals surface area contributed by atoms with E-state index in [-0.39, 0.29) is 11.9 Å². The average Bonchev–Trinajstić information content (AvgIpc) is 3.24. The van der Waals surface area contributed by atoms with Crippen LogP contribution in [0.1, 0.15) is 35.3 Å². The maximum Gasteiger partial charge on any atom is 0.273 e. The van der Waals surface area contributed by atoms with Crippen LogP contribution in [0.5, 0.6) is 0 Å². The molecular formula is C17H22N6O. The zero-order valence-corrected chi connectivity index (χ0v) is 13.5. The van der Waals surface area contributed by atoms with E-state index in [2.05, 4.69) is 26.5 Å². The largest absolute Gasteiger partial charge is 0.348 e.